The van der Waals surface area contributed by atoms with Crippen LogP contribution in [0.25, 0.3) is 0 Å². The third-order valence-corrected chi connectivity index (χ3v) is 4.17. The average molecular weight is 271 g/mol. The standard InChI is InChI=1S/C13H19ClO2Si/c1-15-13(16-17(2,3)4)9-12(13)10-5-7-11(14)8-6-10/h5-8,12H,9H2,1-4H3/t12-,13+/m1/s1. The van der Waals surface area contributed by atoms with Gasteiger partial charge in [0.1, 0.15) is 0 Å². The molecule has 1 saturated carbocycles. The molecule has 1 aromatic rings. The van der Waals surface area contributed by atoms with Crippen LogP contribution >= 0.6 is 11.6 Å². The summed E-state index contributed by atoms with van der Waals surface area (Å²) >= 11 is 5.89. The second-order valence-corrected chi connectivity index (χ2v) is 10.4. The van der Waals surface area contributed by atoms with Gasteiger partial charge in [-0.1, -0.05) is 23.7 Å². The van der Waals surface area contributed by atoms with Crippen molar-refractivity contribution in [1.29, 1.82) is 0 Å². The third kappa shape index (κ3) is 2.91. The van der Waals surface area contributed by atoms with Crippen LogP contribution in [0.4, 0.5) is 0 Å². The summed E-state index contributed by atoms with van der Waals surface area (Å²) in [7, 11) is 0.144. The molecule has 2 nitrogen and oxygen atoms in total. The van der Waals surface area contributed by atoms with Gasteiger partial charge in [-0.3, -0.25) is 0 Å². The van der Waals surface area contributed by atoms with E-state index in [1.54, 1.807) is 7.11 Å². The molecule has 0 spiro atoms. The fraction of sp³-hybridized carbons (Fsp3) is 0.538. The van der Waals surface area contributed by atoms with Gasteiger partial charge in [-0.2, -0.15) is 0 Å². The second-order valence-electron chi connectivity index (χ2n) is 5.54. The van der Waals surface area contributed by atoms with Gasteiger partial charge in [0.2, 0.25) is 0 Å². The molecule has 17 heavy (non-hydrogen) atoms. The van der Waals surface area contributed by atoms with Crippen molar-refractivity contribution in [2.75, 3.05) is 7.11 Å². The number of methoxy groups -OCH3 is 1. The Morgan fingerprint density at radius 3 is 2.29 bits per heavy atom. The average Bonchev–Trinajstić information content (AvgIpc) is 2.92. The molecular weight excluding hydrogens is 252 g/mol. The van der Waals surface area contributed by atoms with Crippen molar-refractivity contribution in [2.45, 2.75) is 37.8 Å². The zero-order chi connectivity index (χ0) is 12.7. The maximum absolute atomic E-state index is 6.17. The molecule has 0 heterocycles. The van der Waals surface area contributed by atoms with Gasteiger partial charge in [0, 0.05) is 24.5 Å². The summed E-state index contributed by atoms with van der Waals surface area (Å²) in [6, 6.07) is 7.96. The number of halogens is 1. The summed E-state index contributed by atoms with van der Waals surface area (Å²) in [6.07, 6.45) is 0.940. The molecule has 0 radical (unpaired) electrons. The molecule has 0 bridgehead atoms. The smallest absolute Gasteiger partial charge is 0.187 e. The summed E-state index contributed by atoms with van der Waals surface area (Å²) in [5.74, 6) is -0.0466. The predicted octanol–water partition coefficient (Wildman–Crippen LogP) is 4.02. The fourth-order valence-corrected chi connectivity index (χ4v) is 3.66. The van der Waals surface area contributed by atoms with E-state index in [0.717, 1.165) is 11.4 Å². The summed E-state index contributed by atoms with van der Waals surface area (Å²) in [6.45, 7) is 6.56. The van der Waals surface area contributed by atoms with Gasteiger partial charge in [0.15, 0.2) is 14.1 Å². The third-order valence-electron chi connectivity index (χ3n) is 2.96. The molecule has 4 heteroatoms. The molecule has 0 saturated heterocycles. The molecule has 0 amide bonds. The van der Waals surface area contributed by atoms with Crippen LogP contribution < -0.4 is 0 Å². The normalized spacial score (nSPS) is 28.2. The van der Waals surface area contributed by atoms with Crippen molar-refractivity contribution >= 4 is 19.9 Å². The molecular formula is C13H19ClO2Si. The van der Waals surface area contributed by atoms with Gasteiger partial charge >= 0.3 is 0 Å². The Morgan fingerprint density at radius 2 is 1.82 bits per heavy atom. The minimum Gasteiger partial charge on any atom is -0.390 e. The van der Waals surface area contributed by atoms with Crippen molar-refractivity contribution < 1.29 is 9.16 Å². The lowest BCUT2D eigenvalue weighted by atomic mass is 10.1. The summed E-state index contributed by atoms with van der Waals surface area (Å²) in [4.78, 5) is 0. The quantitative estimate of drug-likeness (QED) is 0.608. The summed E-state index contributed by atoms with van der Waals surface area (Å²) in [5, 5.41) is 0.767. The van der Waals surface area contributed by atoms with Crippen LogP contribution in [0, 0.1) is 0 Å². The van der Waals surface area contributed by atoms with Crippen molar-refractivity contribution in [2.24, 2.45) is 0 Å². The number of hydrogen-bond donors (Lipinski definition) is 0. The Labute approximate surface area is 109 Å². The predicted molar refractivity (Wildman–Crippen MR) is 73.0 cm³/mol. The van der Waals surface area contributed by atoms with E-state index in [0.29, 0.717) is 5.92 Å². The van der Waals surface area contributed by atoms with Crippen molar-refractivity contribution in [1.82, 2.24) is 0 Å². The Balaban J connectivity index is 2.13. The molecule has 2 rings (SSSR count). The molecule has 1 aliphatic carbocycles. The fourth-order valence-electron chi connectivity index (χ4n) is 2.19. The minimum absolute atomic E-state index is 0.344. The number of benzene rings is 1. The minimum atomic E-state index is -1.59. The van der Waals surface area contributed by atoms with Crippen molar-refractivity contribution in [3.8, 4) is 0 Å². The van der Waals surface area contributed by atoms with Crippen LogP contribution in [0.1, 0.15) is 17.9 Å². The SMILES string of the molecule is CO[C@]1(O[Si](C)(C)C)C[C@@H]1c1ccc(Cl)cc1. The van der Waals surface area contributed by atoms with E-state index in [1.165, 1.54) is 5.56 Å². The highest BCUT2D eigenvalue weighted by molar-refractivity contribution is 6.69. The molecule has 1 fully saturated rings. The molecule has 1 aromatic carbocycles. The lowest BCUT2D eigenvalue weighted by Gasteiger charge is -2.26. The molecule has 94 valence electrons. The molecule has 1 aliphatic rings. The maximum Gasteiger partial charge on any atom is 0.187 e. The Kier molecular flexibility index (Phi) is 3.38. The maximum atomic E-state index is 6.17. The van der Waals surface area contributed by atoms with E-state index in [1.807, 2.05) is 12.1 Å². The highest BCUT2D eigenvalue weighted by Gasteiger charge is 2.58. The van der Waals surface area contributed by atoms with E-state index in [-0.39, 0.29) is 0 Å². The van der Waals surface area contributed by atoms with Gasteiger partial charge < -0.3 is 9.16 Å². The summed E-state index contributed by atoms with van der Waals surface area (Å²) in [5.41, 5.74) is 1.24. The first-order valence-electron chi connectivity index (χ1n) is 5.87. The highest BCUT2D eigenvalue weighted by Crippen LogP contribution is 2.55. The van der Waals surface area contributed by atoms with E-state index in [2.05, 4.69) is 31.8 Å². The highest BCUT2D eigenvalue weighted by atomic mass is 35.5. The van der Waals surface area contributed by atoms with Crippen LogP contribution in [0.5, 0.6) is 0 Å². The van der Waals surface area contributed by atoms with Gasteiger partial charge in [0.25, 0.3) is 0 Å². The molecule has 2 atom stereocenters. The van der Waals surface area contributed by atoms with Crippen LogP contribution in [-0.4, -0.2) is 21.2 Å². The molecule has 0 N–H and O–H groups in total. The van der Waals surface area contributed by atoms with Crippen LogP contribution in [0.15, 0.2) is 24.3 Å². The summed E-state index contributed by atoms with van der Waals surface area (Å²) < 4.78 is 11.8. The monoisotopic (exact) mass is 270 g/mol. The zero-order valence-corrected chi connectivity index (χ0v) is 12.5. The lowest BCUT2D eigenvalue weighted by Crippen LogP contribution is -2.35. The van der Waals surface area contributed by atoms with E-state index >= 15 is 0 Å². The van der Waals surface area contributed by atoms with Gasteiger partial charge in [-0.05, 0) is 37.3 Å². The number of ether oxygens (including phenoxy) is 1. The molecule has 0 aliphatic heterocycles. The van der Waals surface area contributed by atoms with E-state index in [4.69, 9.17) is 20.8 Å². The van der Waals surface area contributed by atoms with Crippen molar-refractivity contribution in [3.05, 3.63) is 34.9 Å². The van der Waals surface area contributed by atoms with Crippen LogP contribution in [-0.2, 0) is 9.16 Å². The Morgan fingerprint density at radius 1 is 1.24 bits per heavy atom. The lowest BCUT2D eigenvalue weighted by molar-refractivity contribution is -0.0904. The first-order chi connectivity index (χ1) is 7.86. The van der Waals surface area contributed by atoms with Gasteiger partial charge in [-0.15, -0.1) is 0 Å². The van der Waals surface area contributed by atoms with Crippen LogP contribution in [0.3, 0.4) is 0 Å². The first kappa shape index (κ1) is 13.1. The largest absolute Gasteiger partial charge is 0.390 e. The second kappa shape index (κ2) is 4.39. The van der Waals surface area contributed by atoms with Gasteiger partial charge in [0.05, 0.1) is 0 Å². The topological polar surface area (TPSA) is 18.5 Å². The number of hydrogen-bond acceptors (Lipinski definition) is 2. The first-order valence-corrected chi connectivity index (χ1v) is 9.66. The van der Waals surface area contributed by atoms with Crippen molar-refractivity contribution in [3.63, 3.8) is 0 Å². The van der Waals surface area contributed by atoms with E-state index < -0.39 is 14.1 Å². The Bertz CT molecular complexity index is 399. The number of rotatable bonds is 4. The molecule has 0 aromatic heterocycles. The van der Waals surface area contributed by atoms with Crippen LogP contribution in [0.2, 0.25) is 24.7 Å². The zero-order valence-electron chi connectivity index (χ0n) is 10.8. The van der Waals surface area contributed by atoms with E-state index in [9.17, 15) is 0 Å². The van der Waals surface area contributed by atoms with Gasteiger partial charge in [-0.25, -0.2) is 0 Å². The Hall–Kier alpha value is -0.353. The molecule has 0 unspecified atom stereocenters.